The molecule has 2 saturated heterocycles. The fraction of sp³-hybridized carbons (Fsp3) is 0.923. The molecule has 2 aliphatic rings. The zero-order chi connectivity index (χ0) is 14.0. The van der Waals surface area contributed by atoms with Crippen molar-refractivity contribution in [2.24, 2.45) is 0 Å². The molecule has 0 aromatic rings. The number of piperidine rings is 1. The van der Waals surface area contributed by atoms with Crippen LogP contribution in [0, 0.1) is 0 Å². The van der Waals surface area contributed by atoms with Crippen molar-refractivity contribution in [3.8, 4) is 0 Å². The highest BCUT2D eigenvalue weighted by atomic mass is 16.3. The Morgan fingerprint density at radius 2 is 2.05 bits per heavy atom. The van der Waals surface area contributed by atoms with Gasteiger partial charge < -0.3 is 20.6 Å². The number of nitrogens with one attached hydrogen (secondary N) is 1. The van der Waals surface area contributed by atoms with Gasteiger partial charge in [0.05, 0.1) is 24.3 Å². The lowest BCUT2D eigenvalue weighted by molar-refractivity contribution is -0.129. The minimum absolute atomic E-state index is 0.0868. The van der Waals surface area contributed by atoms with Crippen LogP contribution in [0.3, 0.4) is 0 Å². The van der Waals surface area contributed by atoms with Crippen molar-refractivity contribution in [1.82, 2.24) is 10.2 Å². The summed E-state index contributed by atoms with van der Waals surface area (Å²) >= 11 is 0. The van der Waals surface area contributed by atoms with Crippen LogP contribution in [0.15, 0.2) is 0 Å². The van der Waals surface area contributed by atoms with E-state index in [4.69, 9.17) is 0 Å². The molecule has 5 unspecified atom stereocenters. The summed E-state index contributed by atoms with van der Waals surface area (Å²) in [5, 5.41) is 32.7. The van der Waals surface area contributed by atoms with E-state index in [-0.39, 0.29) is 5.91 Å². The molecule has 0 saturated carbocycles. The Morgan fingerprint density at radius 1 is 1.32 bits per heavy atom. The van der Waals surface area contributed by atoms with Gasteiger partial charge in [-0.15, -0.1) is 0 Å². The Balaban J connectivity index is 1.94. The van der Waals surface area contributed by atoms with Crippen LogP contribution in [0.4, 0.5) is 0 Å². The van der Waals surface area contributed by atoms with Gasteiger partial charge in [-0.25, -0.2) is 0 Å². The SMILES string of the molecule is CCCCC(=O)NC1CN2CCC(O)C2C(O)C1O. The first-order chi connectivity index (χ1) is 9.04. The maximum Gasteiger partial charge on any atom is 0.220 e. The summed E-state index contributed by atoms with van der Waals surface area (Å²) < 4.78 is 0. The number of rotatable bonds is 4. The van der Waals surface area contributed by atoms with Crippen molar-refractivity contribution in [3.05, 3.63) is 0 Å². The van der Waals surface area contributed by atoms with Crippen molar-refractivity contribution < 1.29 is 20.1 Å². The summed E-state index contributed by atoms with van der Waals surface area (Å²) in [4.78, 5) is 13.7. The van der Waals surface area contributed by atoms with Crippen LogP contribution in [-0.2, 0) is 4.79 Å². The average molecular weight is 272 g/mol. The second-order valence-corrected chi connectivity index (χ2v) is 5.60. The quantitative estimate of drug-likeness (QED) is 0.518. The van der Waals surface area contributed by atoms with Gasteiger partial charge in [-0.1, -0.05) is 13.3 Å². The molecule has 110 valence electrons. The van der Waals surface area contributed by atoms with Crippen molar-refractivity contribution in [3.63, 3.8) is 0 Å². The number of amides is 1. The van der Waals surface area contributed by atoms with Crippen molar-refractivity contribution >= 4 is 5.91 Å². The van der Waals surface area contributed by atoms with E-state index in [1.807, 2.05) is 11.8 Å². The zero-order valence-electron chi connectivity index (χ0n) is 11.3. The molecule has 2 aliphatic heterocycles. The number of aliphatic hydroxyl groups excluding tert-OH is 3. The molecular weight excluding hydrogens is 248 g/mol. The van der Waals surface area contributed by atoms with Gasteiger partial charge in [-0.05, 0) is 12.8 Å². The molecule has 4 N–H and O–H groups in total. The first-order valence-electron chi connectivity index (χ1n) is 7.12. The van der Waals surface area contributed by atoms with Crippen LogP contribution >= 0.6 is 0 Å². The second kappa shape index (κ2) is 6.17. The second-order valence-electron chi connectivity index (χ2n) is 5.60. The van der Waals surface area contributed by atoms with Gasteiger partial charge in [0.1, 0.15) is 6.10 Å². The number of carbonyl (C=O) groups is 1. The molecule has 6 nitrogen and oxygen atoms in total. The molecule has 6 heteroatoms. The van der Waals surface area contributed by atoms with E-state index < -0.39 is 30.4 Å². The molecule has 0 radical (unpaired) electrons. The fourth-order valence-electron chi connectivity index (χ4n) is 3.07. The number of nitrogens with zero attached hydrogens (tertiary/aromatic N) is 1. The van der Waals surface area contributed by atoms with Crippen molar-refractivity contribution in [2.75, 3.05) is 13.1 Å². The van der Waals surface area contributed by atoms with E-state index in [1.165, 1.54) is 0 Å². The van der Waals surface area contributed by atoms with E-state index in [2.05, 4.69) is 5.32 Å². The summed E-state index contributed by atoms with van der Waals surface area (Å²) in [6.07, 6.45) is 0.197. The maximum atomic E-state index is 11.7. The van der Waals surface area contributed by atoms with Crippen LogP contribution < -0.4 is 5.32 Å². The maximum absolute atomic E-state index is 11.7. The summed E-state index contributed by atoms with van der Waals surface area (Å²) in [5.41, 5.74) is 0. The van der Waals surface area contributed by atoms with Gasteiger partial charge in [0, 0.05) is 19.5 Å². The van der Waals surface area contributed by atoms with Crippen LogP contribution in [0.5, 0.6) is 0 Å². The summed E-state index contributed by atoms with van der Waals surface area (Å²) in [7, 11) is 0. The molecular formula is C13H24N2O4. The number of carbonyl (C=O) groups excluding carboxylic acids is 1. The number of aliphatic hydroxyl groups is 3. The fourth-order valence-corrected chi connectivity index (χ4v) is 3.07. The van der Waals surface area contributed by atoms with Gasteiger partial charge in [-0.2, -0.15) is 0 Å². The Bertz CT molecular complexity index is 326. The van der Waals surface area contributed by atoms with Crippen molar-refractivity contribution in [1.29, 1.82) is 0 Å². The van der Waals surface area contributed by atoms with Gasteiger partial charge in [0.15, 0.2) is 0 Å². The van der Waals surface area contributed by atoms with Gasteiger partial charge in [0.25, 0.3) is 0 Å². The third-order valence-electron chi connectivity index (χ3n) is 4.17. The lowest BCUT2D eigenvalue weighted by Gasteiger charge is -2.43. The van der Waals surface area contributed by atoms with Crippen LogP contribution in [-0.4, -0.2) is 69.6 Å². The summed E-state index contributed by atoms with van der Waals surface area (Å²) in [6.45, 7) is 3.19. The molecule has 19 heavy (non-hydrogen) atoms. The minimum atomic E-state index is -1.01. The smallest absolute Gasteiger partial charge is 0.220 e. The monoisotopic (exact) mass is 272 g/mol. The number of unbranched alkanes of at least 4 members (excludes halogenated alkanes) is 1. The Morgan fingerprint density at radius 3 is 2.74 bits per heavy atom. The van der Waals surface area contributed by atoms with E-state index in [1.54, 1.807) is 0 Å². The highest BCUT2D eigenvalue weighted by molar-refractivity contribution is 5.76. The van der Waals surface area contributed by atoms with Gasteiger partial charge in [-0.3, -0.25) is 9.69 Å². The molecule has 0 aromatic heterocycles. The predicted octanol–water partition coefficient (Wildman–Crippen LogP) is -1.17. The Hall–Kier alpha value is -0.690. The summed E-state index contributed by atoms with van der Waals surface area (Å²) in [6, 6.07) is -0.861. The molecule has 2 heterocycles. The Labute approximate surface area is 113 Å². The van der Waals surface area contributed by atoms with Crippen LogP contribution in [0.2, 0.25) is 0 Å². The van der Waals surface area contributed by atoms with E-state index in [0.717, 1.165) is 12.8 Å². The lowest BCUT2D eigenvalue weighted by atomic mass is 9.91. The summed E-state index contributed by atoms with van der Waals surface area (Å²) in [5.74, 6) is -0.0868. The molecule has 0 aromatic carbocycles. The molecule has 2 rings (SSSR count). The lowest BCUT2D eigenvalue weighted by Crippen LogP contribution is -2.65. The first kappa shape index (κ1) is 14.7. The molecule has 1 amide bonds. The number of fused-ring (bicyclic) bond motifs is 1. The molecule has 0 aliphatic carbocycles. The molecule has 0 spiro atoms. The predicted molar refractivity (Wildman–Crippen MR) is 69.5 cm³/mol. The standard InChI is InChI=1S/C13H24N2O4/c1-2-3-4-10(17)14-8-7-15-6-5-9(16)11(15)13(19)12(8)18/h8-9,11-13,16,18-19H,2-7H2,1H3,(H,14,17). The minimum Gasteiger partial charge on any atom is -0.391 e. The van der Waals surface area contributed by atoms with E-state index in [9.17, 15) is 20.1 Å². The third-order valence-corrected chi connectivity index (χ3v) is 4.17. The molecule has 2 fully saturated rings. The largest absolute Gasteiger partial charge is 0.391 e. The van der Waals surface area contributed by atoms with E-state index in [0.29, 0.717) is 25.9 Å². The van der Waals surface area contributed by atoms with E-state index >= 15 is 0 Å². The number of hydrogen-bond donors (Lipinski definition) is 4. The van der Waals surface area contributed by atoms with Crippen LogP contribution in [0.1, 0.15) is 32.6 Å². The first-order valence-corrected chi connectivity index (χ1v) is 7.12. The molecule has 0 bridgehead atoms. The molecule has 5 atom stereocenters. The third kappa shape index (κ3) is 3.08. The zero-order valence-corrected chi connectivity index (χ0v) is 11.3. The average Bonchev–Trinajstić information content (AvgIpc) is 2.74. The van der Waals surface area contributed by atoms with Crippen molar-refractivity contribution in [2.45, 2.75) is 63.0 Å². The topological polar surface area (TPSA) is 93.0 Å². The number of hydrogen-bond acceptors (Lipinski definition) is 5. The Kier molecular flexibility index (Phi) is 4.78. The highest BCUT2D eigenvalue weighted by Crippen LogP contribution is 2.28. The highest BCUT2D eigenvalue weighted by Gasteiger charge is 2.48. The van der Waals surface area contributed by atoms with Crippen LogP contribution in [0.25, 0.3) is 0 Å². The van der Waals surface area contributed by atoms with Gasteiger partial charge >= 0.3 is 0 Å². The van der Waals surface area contributed by atoms with Gasteiger partial charge in [0.2, 0.25) is 5.91 Å². The normalized spacial score (nSPS) is 39.1.